The van der Waals surface area contributed by atoms with Gasteiger partial charge < -0.3 is 10.2 Å². The van der Waals surface area contributed by atoms with Gasteiger partial charge in [-0.15, -0.1) is 0 Å². The molecule has 0 aliphatic heterocycles. The van der Waals surface area contributed by atoms with Crippen LogP contribution in [-0.2, 0) is 29.0 Å². The van der Waals surface area contributed by atoms with E-state index < -0.39 is 85.3 Å². The molecule has 0 bridgehead atoms. The Hall–Kier alpha value is -1.22. The van der Waals surface area contributed by atoms with Gasteiger partial charge in [0.1, 0.15) is 0 Å². The molecule has 4 nitrogen and oxygen atoms in total. The molecule has 0 aromatic heterocycles. The van der Waals surface area contributed by atoms with Gasteiger partial charge in [0, 0.05) is 33.5 Å². The van der Waals surface area contributed by atoms with Crippen molar-refractivity contribution in [1.29, 1.82) is 0 Å². The molecule has 44 heavy (non-hydrogen) atoms. The topological polar surface area (TPSA) is 58.9 Å². The Kier molecular flexibility index (Phi) is 14.1. The van der Waals surface area contributed by atoms with Crippen molar-refractivity contribution >= 4 is 0 Å². The molecule has 0 aromatic rings. The Morgan fingerprint density at radius 1 is 0.409 bits per heavy atom. The first-order valence-electron chi connectivity index (χ1n) is 9.22. The second-order valence-electron chi connectivity index (χ2n) is 7.47. The van der Waals surface area contributed by atoms with Gasteiger partial charge in [-0.1, -0.05) is 0 Å². The van der Waals surface area contributed by atoms with Crippen LogP contribution < -0.4 is 0 Å². The van der Waals surface area contributed by atoms with Crippen LogP contribution in [0.15, 0.2) is 0 Å². The minimum Gasteiger partial charge on any atom is -0.400 e. The smallest absolute Gasteiger partial charge is 0.400 e. The van der Waals surface area contributed by atoms with Gasteiger partial charge in [-0.3, -0.25) is 9.47 Å². The van der Waals surface area contributed by atoms with Crippen molar-refractivity contribution < 1.29 is 145 Å². The van der Waals surface area contributed by atoms with Crippen LogP contribution in [0.25, 0.3) is 0 Å². The average Bonchev–Trinajstić information content (AvgIpc) is 2.77. The second-order valence-corrected chi connectivity index (χ2v) is 7.47. The second kappa shape index (κ2) is 13.1. The fourth-order valence-electron chi connectivity index (χ4n) is 1.93. The fourth-order valence-corrected chi connectivity index (χ4v) is 1.93. The monoisotopic (exact) mass is 813 g/mol. The summed E-state index contributed by atoms with van der Waals surface area (Å²) in [5.74, 6) is -69.1. The first kappa shape index (κ1) is 47.2. The molecule has 0 rings (SSSR count). The first-order valence-corrected chi connectivity index (χ1v) is 9.22. The minimum absolute atomic E-state index is 0. The maximum Gasteiger partial charge on any atom is 0.428 e. The first-order chi connectivity index (χ1) is 18.3. The number of rotatable bonds is 14. The normalized spacial score (nSPS) is 16.9. The van der Waals surface area contributed by atoms with Crippen LogP contribution in [0.1, 0.15) is 6.92 Å². The Balaban J connectivity index is -0.00000548. The Bertz CT molecular complexity index is 856. The predicted molar refractivity (Wildman–Crippen MR) is 82.4 cm³/mol. The van der Waals surface area contributed by atoms with Crippen molar-refractivity contribution in [3.8, 4) is 0 Å². The van der Waals surface area contributed by atoms with E-state index in [0.29, 0.717) is 0 Å². The van der Waals surface area contributed by atoms with Crippen molar-refractivity contribution in [3.05, 3.63) is 0 Å². The molecule has 0 amide bonds. The van der Waals surface area contributed by atoms with Crippen LogP contribution in [0.2, 0.25) is 0 Å². The summed E-state index contributed by atoms with van der Waals surface area (Å²) in [7, 11) is 1.00. The zero-order valence-electron chi connectivity index (χ0n) is 19.8. The zero-order valence-corrected chi connectivity index (χ0v) is 21.4. The van der Waals surface area contributed by atoms with E-state index in [1.54, 1.807) is 4.74 Å². The predicted octanol–water partition coefficient (Wildman–Crippen LogP) is 7.09. The van der Waals surface area contributed by atoms with E-state index in [9.17, 15) is 105 Å². The standard InChI is InChI=1S/C14H6F24O3.CH4O.Rh/c1-4(17,18)2(15)40-13(35,36)11(31,32)9(27,28)7(23,24)6(21,22)8(25,26)10(29,30)12(33,34)14(37,38)41-3(16)5(19,20)39;1-2;/h2-3,39H,1H3;2H,1H3;. The van der Waals surface area contributed by atoms with Crippen LogP contribution in [0.5, 0.6) is 0 Å². The number of aliphatic hydroxyl groups excluding tert-OH is 1. The summed E-state index contributed by atoms with van der Waals surface area (Å²) in [5.41, 5.74) is 0. The van der Waals surface area contributed by atoms with Crippen molar-refractivity contribution in [2.45, 2.75) is 85.3 Å². The molecular formula is C15H10F24O4Rh. The van der Waals surface area contributed by atoms with Gasteiger partial charge in [0.2, 0.25) is 0 Å². The van der Waals surface area contributed by atoms with Crippen molar-refractivity contribution in [3.63, 3.8) is 0 Å². The van der Waals surface area contributed by atoms with E-state index in [-0.39, 0.29) is 19.5 Å². The maximum absolute atomic E-state index is 13.6. The van der Waals surface area contributed by atoms with Crippen LogP contribution >= 0.6 is 0 Å². The van der Waals surface area contributed by atoms with E-state index in [1.165, 1.54) is 4.74 Å². The number of halogens is 24. The van der Waals surface area contributed by atoms with Crippen LogP contribution in [-0.4, -0.2) is 95.7 Å². The summed E-state index contributed by atoms with van der Waals surface area (Å²) in [6.07, 6.45) is -33.3. The number of aliphatic hydroxyl groups is 2. The Morgan fingerprint density at radius 3 is 0.773 bits per heavy atom. The molecule has 0 saturated carbocycles. The minimum atomic E-state index is -9.38. The molecule has 1 radical (unpaired) electrons. The fraction of sp³-hybridized carbons (Fsp3) is 1.00. The molecule has 2 atom stereocenters. The molecule has 0 aliphatic carbocycles. The third kappa shape index (κ3) is 7.50. The van der Waals surface area contributed by atoms with Crippen LogP contribution in [0.4, 0.5) is 105 Å². The summed E-state index contributed by atoms with van der Waals surface area (Å²) in [6.45, 7) is -0.859. The largest absolute Gasteiger partial charge is 0.428 e. The molecule has 0 aromatic carbocycles. The van der Waals surface area contributed by atoms with Gasteiger partial charge in [0.25, 0.3) is 18.6 Å². The Labute approximate surface area is 238 Å². The molecule has 271 valence electrons. The zero-order chi connectivity index (χ0) is 36.1. The quantitative estimate of drug-likeness (QED) is 0.146. The van der Waals surface area contributed by atoms with Gasteiger partial charge in [-0.25, -0.2) is 17.6 Å². The number of hydrogen-bond donors (Lipinski definition) is 2. The Morgan fingerprint density at radius 2 is 0.591 bits per heavy atom. The number of alkyl halides is 24. The molecule has 0 fully saturated rings. The molecule has 0 saturated heterocycles. The molecular weight excluding hydrogens is 803 g/mol. The van der Waals surface area contributed by atoms with Crippen LogP contribution in [0, 0.1) is 0 Å². The summed E-state index contributed by atoms with van der Waals surface area (Å²) in [6, 6.07) is 0. The molecule has 0 aliphatic rings. The van der Waals surface area contributed by atoms with E-state index in [0.717, 1.165) is 7.11 Å². The van der Waals surface area contributed by atoms with Gasteiger partial charge in [0.15, 0.2) is 0 Å². The number of ether oxygens (including phenoxy) is 2. The van der Waals surface area contributed by atoms with Gasteiger partial charge in [-0.05, 0) is 0 Å². The van der Waals surface area contributed by atoms with Crippen molar-refractivity contribution in [2.75, 3.05) is 7.11 Å². The van der Waals surface area contributed by atoms with Gasteiger partial charge >= 0.3 is 59.8 Å². The van der Waals surface area contributed by atoms with E-state index in [4.69, 9.17) is 10.2 Å². The van der Waals surface area contributed by atoms with Gasteiger partial charge in [-0.2, -0.15) is 87.8 Å². The SMILES string of the molecule is CC(F)(F)C(F)OC(F)(F)C(F)(F)C(F)(F)C(F)(F)C(F)(F)C(F)(F)C(F)(F)C(F)(F)C(F)(F)OC(F)C(O)(F)F.CO.[Rh]. The number of hydrogen-bond acceptors (Lipinski definition) is 4. The molecule has 29 heteroatoms. The van der Waals surface area contributed by atoms with Gasteiger partial charge in [0.05, 0.1) is 0 Å². The molecule has 2 unspecified atom stereocenters. The van der Waals surface area contributed by atoms with Crippen LogP contribution in [0.3, 0.4) is 0 Å². The third-order valence-electron chi connectivity index (χ3n) is 4.27. The summed E-state index contributed by atoms with van der Waals surface area (Å²) < 4.78 is 319. The summed E-state index contributed by atoms with van der Waals surface area (Å²) >= 11 is 0. The van der Waals surface area contributed by atoms with Crippen molar-refractivity contribution in [1.82, 2.24) is 0 Å². The van der Waals surface area contributed by atoms with E-state index in [2.05, 4.69) is 0 Å². The average molecular weight is 813 g/mol. The van der Waals surface area contributed by atoms with E-state index in [1.807, 2.05) is 0 Å². The third-order valence-corrected chi connectivity index (χ3v) is 4.27. The van der Waals surface area contributed by atoms with Crippen molar-refractivity contribution in [2.24, 2.45) is 0 Å². The summed E-state index contributed by atoms with van der Waals surface area (Å²) in [5, 5.41) is 14.6. The molecule has 0 spiro atoms. The van der Waals surface area contributed by atoms with E-state index >= 15 is 0 Å². The molecule has 2 N–H and O–H groups in total. The maximum atomic E-state index is 13.6. The summed E-state index contributed by atoms with van der Waals surface area (Å²) in [4.78, 5) is 0. The molecule has 0 heterocycles.